The van der Waals surface area contributed by atoms with Crippen LogP contribution >= 0.6 is 0 Å². The van der Waals surface area contributed by atoms with E-state index in [1.54, 1.807) is 6.07 Å². The van der Waals surface area contributed by atoms with Gasteiger partial charge in [-0.1, -0.05) is 29.8 Å². The molecule has 0 saturated carbocycles. The maximum absolute atomic E-state index is 12.6. The molecule has 0 atom stereocenters. The Balaban J connectivity index is 1.65. The van der Waals surface area contributed by atoms with Crippen LogP contribution in [0.3, 0.4) is 0 Å². The molecule has 1 heterocycles. The number of aromatic nitrogens is 2. The number of aryl methyl sites for hydroxylation is 1. The molecular weight excluding hydrogens is 341 g/mol. The topological polar surface area (TPSA) is 49.8 Å². The molecule has 0 saturated heterocycles. The van der Waals surface area contributed by atoms with Crippen LogP contribution in [-0.4, -0.2) is 9.97 Å². The number of alkyl halides is 3. The van der Waals surface area contributed by atoms with Crippen molar-refractivity contribution in [2.45, 2.75) is 19.6 Å². The molecular formula is C19H17F3N4. The zero-order valence-electron chi connectivity index (χ0n) is 14.0. The minimum Gasteiger partial charge on any atom is -0.366 e. The van der Waals surface area contributed by atoms with E-state index in [0.717, 1.165) is 17.7 Å². The summed E-state index contributed by atoms with van der Waals surface area (Å²) in [5.74, 6) is 1.11. The van der Waals surface area contributed by atoms with E-state index in [4.69, 9.17) is 0 Å². The Labute approximate surface area is 149 Å². The second kappa shape index (κ2) is 7.43. The molecule has 2 N–H and O–H groups in total. The first-order chi connectivity index (χ1) is 12.4. The predicted octanol–water partition coefficient (Wildman–Crippen LogP) is 5.16. The average molecular weight is 358 g/mol. The van der Waals surface area contributed by atoms with E-state index in [0.29, 0.717) is 23.9 Å². The largest absolute Gasteiger partial charge is 0.416 e. The first-order valence-corrected chi connectivity index (χ1v) is 7.96. The lowest BCUT2D eigenvalue weighted by Crippen LogP contribution is -2.05. The van der Waals surface area contributed by atoms with Gasteiger partial charge in [0.2, 0.25) is 0 Å². The van der Waals surface area contributed by atoms with Crippen molar-refractivity contribution in [2.75, 3.05) is 10.6 Å². The second-order valence-corrected chi connectivity index (χ2v) is 5.83. The van der Waals surface area contributed by atoms with Crippen molar-refractivity contribution in [1.29, 1.82) is 0 Å². The zero-order valence-corrected chi connectivity index (χ0v) is 14.0. The van der Waals surface area contributed by atoms with E-state index < -0.39 is 11.7 Å². The van der Waals surface area contributed by atoms with Crippen molar-refractivity contribution in [3.05, 3.63) is 77.6 Å². The van der Waals surface area contributed by atoms with Crippen LogP contribution in [0.1, 0.15) is 16.7 Å². The van der Waals surface area contributed by atoms with Crippen molar-refractivity contribution in [1.82, 2.24) is 9.97 Å². The summed E-state index contributed by atoms with van der Waals surface area (Å²) in [5, 5.41) is 6.18. The molecule has 0 unspecified atom stereocenters. The normalized spacial score (nSPS) is 11.2. The summed E-state index contributed by atoms with van der Waals surface area (Å²) in [6.45, 7) is 2.64. The van der Waals surface area contributed by atoms with Gasteiger partial charge < -0.3 is 10.6 Å². The lowest BCUT2D eigenvalue weighted by atomic mass is 10.1. The number of hydrogen-bond donors (Lipinski definition) is 2. The third kappa shape index (κ3) is 4.72. The molecule has 0 spiro atoms. The van der Waals surface area contributed by atoms with Crippen LogP contribution in [0.4, 0.5) is 30.5 Å². The maximum Gasteiger partial charge on any atom is 0.416 e. The van der Waals surface area contributed by atoms with Gasteiger partial charge in [0.05, 0.1) is 5.56 Å². The number of halogens is 3. The number of nitrogens with zero attached hydrogens (tertiary/aromatic N) is 2. The molecule has 2 aromatic carbocycles. The fourth-order valence-corrected chi connectivity index (χ4v) is 2.43. The lowest BCUT2D eigenvalue weighted by Gasteiger charge is -2.10. The summed E-state index contributed by atoms with van der Waals surface area (Å²) in [6.07, 6.45) is -2.95. The SMILES string of the molecule is Cc1cccc(CNc2cc(Nc3ccc(C(F)(F)F)cc3)ncn2)c1. The Bertz CT molecular complexity index is 876. The number of benzene rings is 2. The Morgan fingerprint density at radius 1 is 0.923 bits per heavy atom. The summed E-state index contributed by atoms with van der Waals surface area (Å²) in [5.41, 5.74) is 2.13. The van der Waals surface area contributed by atoms with Gasteiger partial charge in [0.1, 0.15) is 18.0 Å². The number of anilines is 3. The van der Waals surface area contributed by atoms with E-state index in [1.165, 1.54) is 24.0 Å². The third-order valence-corrected chi connectivity index (χ3v) is 3.71. The Morgan fingerprint density at radius 2 is 1.65 bits per heavy atom. The van der Waals surface area contributed by atoms with Crippen molar-refractivity contribution < 1.29 is 13.2 Å². The van der Waals surface area contributed by atoms with Crippen molar-refractivity contribution in [3.63, 3.8) is 0 Å². The molecule has 3 rings (SSSR count). The smallest absolute Gasteiger partial charge is 0.366 e. The average Bonchev–Trinajstić information content (AvgIpc) is 2.60. The number of hydrogen-bond acceptors (Lipinski definition) is 4. The van der Waals surface area contributed by atoms with Gasteiger partial charge in [-0.05, 0) is 36.8 Å². The van der Waals surface area contributed by atoms with E-state index in [-0.39, 0.29) is 0 Å². The molecule has 4 nitrogen and oxygen atoms in total. The van der Waals surface area contributed by atoms with E-state index in [9.17, 15) is 13.2 Å². The van der Waals surface area contributed by atoms with Gasteiger partial charge in [0.15, 0.2) is 0 Å². The van der Waals surface area contributed by atoms with Crippen molar-refractivity contribution in [2.24, 2.45) is 0 Å². The quantitative estimate of drug-likeness (QED) is 0.661. The van der Waals surface area contributed by atoms with Crippen LogP contribution in [0.5, 0.6) is 0 Å². The third-order valence-electron chi connectivity index (χ3n) is 3.71. The van der Waals surface area contributed by atoms with Gasteiger partial charge in [-0.25, -0.2) is 9.97 Å². The molecule has 7 heteroatoms. The highest BCUT2D eigenvalue weighted by atomic mass is 19.4. The maximum atomic E-state index is 12.6. The summed E-state index contributed by atoms with van der Waals surface area (Å²) in [4.78, 5) is 8.24. The number of rotatable bonds is 5. The van der Waals surface area contributed by atoms with Crippen LogP contribution < -0.4 is 10.6 Å². The molecule has 0 radical (unpaired) electrons. The van der Waals surface area contributed by atoms with Crippen LogP contribution in [-0.2, 0) is 12.7 Å². The highest BCUT2D eigenvalue weighted by molar-refractivity contribution is 5.59. The molecule has 0 fully saturated rings. The molecule has 26 heavy (non-hydrogen) atoms. The van der Waals surface area contributed by atoms with Crippen LogP contribution in [0.25, 0.3) is 0 Å². The minimum atomic E-state index is -4.35. The van der Waals surface area contributed by atoms with Gasteiger partial charge in [-0.2, -0.15) is 13.2 Å². The van der Waals surface area contributed by atoms with Crippen molar-refractivity contribution >= 4 is 17.3 Å². The summed E-state index contributed by atoms with van der Waals surface area (Å²) >= 11 is 0. The summed E-state index contributed by atoms with van der Waals surface area (Å²) < 4.78 is 37.8. The molecule has 0 aliphatic heterocycles. The first kappa shape index (κ1) is 17.7. The minimum absolute atomic E-state index is 0.492. The van der Waals surface area contributed by atoms with E-state index in [2.05, 4.69) is 26.7 Å². The molecule has 0 bridgehead atoms. The van der Waals surface area contributed by atoms with Crippen LogP contribution in [0.2, 0.25) is 0 Å². The van der Waals surface area contributed by atoms with Gasteiger partial charge in [0.25, 0.3) is 0 Å². The predicted molar refractivity (Wildman–Crippen MR) is 95.3 cm³/mol. The monoisotopic (exact) mass is 358 g/mol. The Morgan fingerprint density at radius 3 is 2.35 bits per heavy atom. The zero-order chi connectivity index (χ0) is 18.6. The highest BCUT2D eigenvalue weighted by Gasteiger charge is 2.29. The summed E-state index contributed by atoms with van der Waals surface area (Å²) in [6, 6.07) is 14.6. The van der Waals surface area contributed by atoms with Crippen LogP contribution in [0.15, 0.2) is 60.9 Å². The second-order valence-electron chi connectivity index (χ2n) is 5.83. The van der Waals surface area contributed by atoms with Crippen LogP contribution in [0, 0.1) is 6.92 Å². The van der Waals surface area contributed by atoms with Crippen molar-refractivity contribution in [3.8, 4) is 0 Å². The first-order valence-electron chi connectivity index (χ1n) is 7.96. The Kier molecular flexibility index (Phi) is 5.06. The fourth-order valence-electron chi connectivity index (χ4n) is 2.43. The van der Waals surface area contributed by atoms with Gasteiger partial charge in [-0.3, -0.25) is 0 Å². The molecule has 1 aromatic heterocycles. The molecule has 0 amide bonds. The lowest BCUT2D eigenvalue weighted by molar-refractivity contribution is -0.137. The molecule has 3 aromatic rings. The highest BCUT2D eigenvalue weighted by Crippen LogP contribution is 2.30. The molecule has 134 valence electrons. The summed E-state index contributed by atoms with van der Waals surface area (Å²) in [7, 11) is 0. The molecule has 0 aliphatic rings. The molecule has 0 aliphatic carbocycles. The fraction of sp³-hybridized carbons (Fsp3) is 0.158. The Hall–Kier alpha value is -3.09. The van der Waals surface area contributed by atoms with E-state index >= 15 is 0 Å². The van der Waals surface area contributed by atoms with Gasteiger partial charge in [0, 0.05) is 18.3 Å². The standard InChI is InChI=1S/C19H17F3N4/c1-13-3-2-4-14(9-13)11-23-17-10-18(25-12-24-17)26-16-7-5-15(6-8-16)19(20,21)22/h2-10,12H,11H2,1H3,(H2,23,24,25,26). The van der Waals surface area contributed by atoms with Gasteiger partial charge in [-0.15, -0.1) is 0 Å². The van der Waals surface area contributed by atoms with E-state index in [1.807, 2.05) is 25.1 Å². The van der Waals surface area contributed by atoms with Gasteiger partial charge >= 0.3 is 6.18 Å². The number of nitrogens with one attached hydrogen (secondary N) is 2.